The first-order chi connectivity index (χ1) is 16.1. The molecule has 0 radical (unpaired) electrons. The molecule has 0 bridgehead atoms. The molecule has 3 heterocycles. The normalized spacial score (nSPS) is 20.8. The fourth-order valence-corrected chi connectivity index (χ4v) is 4.49. The summed E-state index contributed by atoms with van der Waals surface area (Å²) in [6, 6.07) is 13.1. The SMILES string of the molecule is O=C(CCCOc1ccc2c(c1)CN1C(=N2)NC(=O)C1CO)NC1NCCc2ccccc21. The number of benzene rings is 2. The van der Waals surface area contributed by atoms with Gasteiger partial charge in [-0.3, -0.25) is 20.2 Å². The number of aliphatic hydroxyl groups is 1. The predicted octanol–water partition coefficient (Wildman–Crippen LogP) is 1.10. The number of aliphatic hydroxyl groups excluding tert-OH is 1. The first kappa shape index (κ1) is 21.4. The highest BCUT2D eigenvalue weighted by atomic mass is 16.5. The van der Waals surface area contributed by atoms with Crippen LogP contribution in [0.15, 0.2) is 47.5 Å². The van der Waals surface area contributed by atoms with Gasteiger partial charge in [0.15, 0.2) is 0 Å². The molecule has 9 heteroatoms. The summed E-state index contributed by atoms with van der Waals surface area (Å²) in [4.78, 5) is 30.6. The number of fused-ring (bicyclic) bond motifs is 3. The summed E-state index contributed by atoms with van der Waals surface area (Å²) < 4.78 is 5.86. The lowest BCUT2D eigenvalue weighted by molar-refractivity contribution is -0.123. The topological polar surface area (TPSA) is 115 Å². The highest BCUT2D eigenvalue weighted by molar-refractivity contribution is 6.07. The van der Waals surface area contributed by atoms with Crippen molar-refractivity contribution in [2.24, 2.45) is 4.99 Å². The minimum absolute atomic E-state index is 0.0126. The zero-order chi connectivity index (χ0) is 22.8. The Bertz CT molecular complexity index is 1100. The maximum absolute atomic E-state index is 12.4. The minimum atomic E-state index is -0.620. The van der Waals surface area contributed by atoms with E-state index in [9.17, 15) is 14.7 Å². The molecule has 0 aromatic heterocycles. The maximum Gasteiger partial charge on any atom is 0.251 e. The molecule has 4 N–H and O–H groups in total. The predicted molar refractivity (Wildman–Crippen MR) is 122 cm³/mol. The molecule has 5 rings (SSSR count). The van der Waals surface area contributed by atoms with Crippen LogP contribution >= 0.6 is 0 Å². The van der Waals surface area contributed by atoms with Gasteiger partial charge in [0.1, 0.15) is 18.0 Å². The molecular weight excluding hydrogens is 422 g/mol. The van der Waals surface area contributed by atoms with Crippen LogP contribution in [-0.2, 0) is 22.6 Å². The van der Waals surface area contributed by atoms with Gasteiger partial charge in [-0.2, -0.15) is 0 Å². The minimum Gasteiger partial charge on any atom is -0.494 e. The zero-order valence-corrected chi connectivity index (χ0v) is 18.2. The third-order valence-corrected chi connectivity index (χ3v) is 6.21. The van der Waals surface area contributed by atoms with Gasteiger partial charge < -0.3 is 20.1 Å². The van der Waals surface area contributed by atoms with Crippen molar-refractivity contribution < 1.29 is 19.4 Å². The molecule has 33 heavy (non-hydrogen) atoms. The fourth-order valence-electron chi connectivity index (χ4n) is 4.49. The highest BCUT2D eigenvalue weighted by Gasteiger charge is 2.38. The highest BCUT2D eigenvalue weighted by Crippen LogP contribution is 2.32. The zero-order valence-electron chi connectivity index (χ0n) is 18.2. The number of aliphatic imine (C=N–C) groups is 1. The Kier molecular flexibility index (Phi) is 5.97. The van der Waals surface area contributed by atoms with E-state index in [1.165, 1.54) is 5.56 Å². The summed E-state index contributed by atoms with van der Waals surface area (Å²) in [7, 11) is 0. The van der Waals surface area contributed by atoms with Crippen LogP contribution in [0.4, 0.5) is 5.69 Å². The Labute approximate surface area is 191 Å². The van der Waals surface area contributed by atoms with Gasteiger partial charge in [0.05, 0.1) is 18.9 Å². The monoisotopic (exact) mass is 449 g/mol. The van der Waals surface area contributed by atoms with Crippen molar-refractivity contribution in [1.29, 1.82) is 0 Å². The van der Waals surface area contributed by atoms with Crippen LogP contribution in [0.1, 0.15) is 35.7 Å². The van der Waals surface area contributed by atoms with Crippen LogP contribution < -0.4 is 20.7 Å². The Hall–Kier alpha value is -3.43. The van der Waals surface area contributed by atoms with Crippen LogP contribution in [0.3, 0.4) is 0 Å². The second-order valence-corrected chi connectivity index (χ2v) is 8.40. The lowest BCUT2D eigenvalue weighted by atomic mass is 9.98. The molecule has 2 atom stereocenters. The Morgan fingerprint density at radius 2 is 2.12 bits per heavy atom. The van der Waals surface area contributed by atoms with Gasteiger partial charge >= 0.3 is 0 Å². The number of carbonyl (C=O) groups excluding carboxylic acids is 2. The van der Waals surface area contributed by atoms with Crippen LogP contribution in [-0.4, -0.2) is 53.6 Å². The molecule has 0 aliphatic carbocycles. The third-order valence-electron chi connectivity index (χ3n) is 6.21. The molecule has 9 nitrogen and oxygen atoms in total. The molecule has 3 aliphatic heterocycles. The lowest BCUT2D eigenvalue weighted by Gasteiger charge is -2.27. The van der Waals surface area contributed by atoms with Gasteiger partial charge in [-0.25, -0.2) is 4.99 Å². The van der Waals surface area contributed by atoms with Gasteiger partial charge in [-0.15, -0.1) is 0 Å². The number of hydrogen-bond donors (Lipinski definition) is 4. The number of guanidine groups is 1. The molecule has 1 saturated heterocycles. The summed E-state index contributed by atoms with van der Waals surface area (Å²) in [5.41, 5.74) is 4.10. The van der Waals surface area contributed by atoms with Crippen LogP contribution in [0.5, 0.6) is 5.75 Å². The van der Waals surface area contributed by atoms with Crippen molar-refractivity contribution >= 4 is 23.5 Å². The van der Waals surface area contributed by atoms with Crippen LogP contribution in [0.2, 0.25) is 0 Å². The molecule has 1 fully saturated rings. The van der Waals surface area contributed by atoms with Gasteiger partial charge in [-0.05, 0) is 42.2 Å². The molecule has 3 aliphatic rings. The van der Waals surface area contributed by atoms with E-state index in [0.717, 1.165) is 29.8 Å². The van der Waals surface area contributed by atoms with Crippen molar-refractivity contribution in [3.05, 3.63) is 59.2 Å². The number of amides is 2. The molecule has 2 unspecified atom stereocenters. The quantitative estimate of drug-likeness (QED) is 0.471. The Balaban J connectivity index is 1.12. The lowest BCUT2D eigenvalue weighted by Crippen LogP contribution is -2.42. The van der Waals surface area contributed by atoms with Gasteiger partial charge in [-0.1, -0.05) is 24.3 Å². The summed E-state index contributed by atoms with van der Waals surface area (Å²) in [5.74, 6) is 0.906. The van der Waals surface area contributed by atoms with E-state index in [4.69, 9.17) is 4.74 Å². The second-order valence-electron chi connectivity index (χ2n) is 8.40. The standard InChI is InChI=1S/C24H27N5O4/c30-14-20-23(32)28-24-26-19-8-7-17(12-16(19)13-29(20)24)33-11-3-6-21(31)27-22-18-5-2-1-4-15(18)9-10-25-22/h1-2,4-5,7-8,12,20,22,25,30H,3,6,9-11,13-14H2,(H,27,31)(H,26,28,32). The van der Waals surface area contributed by atoms with E-state index in [1.54, 1.807) is 4.90 Å². The third kappa shape index (κ3) is 4.42. The molecular formula is C24H27N5O4. The largest absolute Gasteiger partial charge is 0.494 e. The fraction of sp³-hybridized carbons (Fsp3) is 0.375. The van der Waals surface area contributed by atoms with E-state index in [1.807, 2.05) is 30.3 Å². The molecule has 2 aromatic rings. The van der Waals surface area contributed by atoms with Crippen molar-refractivity contribution in [3.63, 3.8) is 0 Å². The van der Waals surface area contributed by atoms with E-state index in [2.05, 4.69) is 33.1 Å². The van der Waals surface area contributed by atoms with Crippen molar-refractivity contribution in [1.82, 2.24) is 20.9 Å². The summed E-state index contributed by atoms with van der Waals surface area (Å²) in [6.45, 7) is 1.46. The molecule has 172 valence electrons. The smallest absolute Gasteiger partial charge is 0.251 e. The number of rotatable bonds is 7. The maximum atomic E-state index is 12.4. The summed E-state index contributed by atoms with van der Waals surface area (Å²) >= 11 is 0. The Morgan fingerprint density at radius 3 is 3.00 bits per heavy atom. The van der Waals surface area contributed by atoms with E-state index < -0.39 is 6.04 Å². The average Bonchev–Trinajstić information content (AvgIpc) is 3.14. The Morgan fingerprint density at radius 1 is 1.24 bits per heavy atom. The first-order valence-electron chi connectivity index (χ1n) is 11.3. The summed E-state index contributed by atoms with van der Waals surface area (Å²) in [6.07, 6.45) is 1.79. The van der Waals surface area contributed by atoms with Crippen LogP contribution in [0.25, 0.3) is 0 Å². The molecule has 0 saturated carbocycles. The molecule has 0 spiro atoms. The van der Waals surface area contributed by atoms with E-state index in [0.29, 0.717) is 37.7 Å². The molecule has 2 amide bonds. The molecule has 2 aromatic carbocycles. The van der Waals surface area contributed by atoms with Gasteiger partial charge in [0.25, 0.3) is 5.91 Å². The number of nitrogens with one attached hydrogen (secondary N) is 3. The van der Waals surface area contributed by atoms with Gasteiger partial charge in [0, 0.05) is 25.1 Å². The van der Waals surface area contributed by atoms with Crippen molar-refractivity contribution in [2.45, 2.75) is 38.0 Å². The van der Waals surface area contributed by atoms with Crippen molar-refractivity contribution in [2.75, 3.05) is 19.8 Å². The number of nitrogens with zero attached hydrogens (tertiary/aromatic N) is 2. The number of carbonyl (C=O) groups is 2. The van der Waals surface area contributed by atoms with E-state index >= 15 is 0 Å². The van der Waals surface area contributed by atoms with Crippen LogP contribution in [0, 0.1) is 0 Å². The van der Waals surface area contributed by atoms with Gasteiger partial charge in [0.2, 0.25) is 11.9 Å². The van der Waals surface area contributed by atoms with E-state index in [-0.39, 0.29) is 24.6 Å². The van der Waals surface area contributed by atoms with Crippen molar-refractivity contribution in [3.8, 4) is 5.75 Å². The summed E-state index contributed by atoms with van der Waals surface area (Å²) in [5, 5.41) is 18.6. The first-order valence-corrected chi connectivity index (χ1v) is 11.3. The number of ether oxygens (including phenoxy) is 1. The average molecular weight is 450 g/mol. The number of hydrogen-bond acceptors (Lipinski definition) is 7. The second kappa shape index (κ2) is 9.21.